The Morgan fingerprint density at radius 1 is 0.256 bits per heavy atom. The molecule has 17 rings (SSSR count). The second-order valence-corrected chi connectivity index (χ2v) is 20.6. The van der Waals surface area contributed by atoms with Crippen LogP contribution >= 0.6 is 0 Å². The Labute approximate surface area is 468 Å². The first-order valence-corrected chi connectivity index (χ1v) is 27.3. The van der Waals surface area contributed by atoms with Gasteiger partial charge < -0.3 is 9.13 Å². The average molecular weight is 1050 g/mol. The predicted molar refractivity (Wildman–Crippen MR) is 330 cm³/mol. The fraction of sp³-hybridized carbons (Fsp3) is 0. The van der Waals surface area contributed by atoms with E-state index in [-0.39, 0.29) is 0 Å². The van der Waals surface area contributed by atoms with Crippen LogP contribution in [0.25, 0.3) is 155 Å². The van der Waals surface area contributed by atoms with E-state index in [0.29, 0.717) is 17.5 Å². The van der Waals surface area contributed by atoms with Gasteiger partial charge in [-0.05, 0) is 60.2 Å². The number of nitrogens with zero attached hydrogens (tertiary/aromatic N) is 11. The summed E-state index contributed by atoms with van der Waals surface area (Å²) in [6.45, 7) is 0. The van der Waals surface area contributed by atoms with Crippen molar-refractivity contribution in [3.63, 3.8) is 0 Å². The van der Waals surface area contributed by atoms with Gasteiger partial charge in [0.1, 0.15) is 11.4 Å². The van der Waals surface area contributed by atoms with Crippen molar-refractivity contribution in [3.05, 3.63) is 262 Å². The Kier molecular flexibility index (Phi) is 10.0. The lowest BCUT2D eigenvalue weighted by Crippen LogP contribution is -2.16. The number of fused-ring (bicyclic) bond motifs is 12. The molecule has 0 atom stereocenters. The van der Waals surface area contributed by atoms with Crippen LogP contribution in [0.5, 0.6) is 0 Å². The number of rotatable bonds is 8. The molecule has 0 amide bonds. The fourth-order valence-electron chi connectivity index (χ4n) is 12.7. The molecule has 0 radical (unpaired) electrons. The van der Waals surface area contributed by atoms with E-state index in [1.165, 1.54) is 0 Å². The van der Waals surface area contributed by atoms with Crippen LogP contribution in [0.4, 0.5) is 0 Å². The first-order chi connectivity index (χ1) is 40.7. The third-order valence-electron chi connectivity index (χ3n) is 16.2. The molecule has 0 fully saturated rings. The second-order valence-electron chi connectivity index (χ2n) is 20.6. The highest BCUT2D eigenvalue weighted by Crippen LogP contribution is 2.50. The molecule has 0 saturated carbocycles. The molecule has 11 heteroatoms. The summed E-state index contributed by atoms with van der Waals surface area (Å²) in [5.74, 6) is 2.01. The molecule has 11 nitrogen and oxygen atoms in total. The maximum atomic E-state index is 6.38. The van der Waals surface area contributed by atoms with Crippen molar-refractivity contribution < 1.29 is 0 Å². The van der Waals surface area contributed by atoms with E-state index in [9.17, 15) is 0 Å². The summed E-state index contributed by atoms with van der Waals surface area (Å²) in [7, 11) is 0. The number of hydrogen-bond acceptors (Lipinski definition) is 7. The molecular formula is C71H43N11. The Bertz CT molecular complexity index is 4900. The van der Waals surface area contributed by atoms with Crippen LogP contribution in [-0.2, 0) is 0 Å². The van der Waals surface area contributed by atoms with Gasteiger partial charge in [-0.1, -0.05) is 158 Å². The van der Waals surface area contributed by atoms with E-state index >= 15 is 0 Å². The van der Waals surface area contributed by atoms with Gasteiger partial charge >= 0.3 is 0 Å². The smallest absolute Gasteiger partial charge is 0.165 e. The minimum absolute atomic E-state index is 0.617. The van der Waals surface area contributed by atoms with Crippen molar-refractivity contribution in [3.8, 4) is 68.0 Å². The topological polar surface area (TPSA) is 110 Å². The molecule has 10 aromatic heterocycles. The van der Waals surface area contributed by atoms with Gasteiger partial charge in [0.05, 0.1) is 55.5 Å². The van der Waals surface area contributed by atoms with Crippen molar-refractivity contribution in [2.75, 3.05) is 0 Å². The summed E-state index contributed by atoms with van der Waals surface area (Å²) in [5.41, 5.74) is 15.6. The van der Waals surface area contributed by atoms with Gasteiger partial charge in [-0.15, -0.1) is 0 Å². The second kappa shape index (κ2) is 18.1. The van der Waals surface area contributed by atoms with Crippen molar-refractivity contribution in [2.45, 2.75) is 0 Å². The zero-order valence-electron chi connectivity index (χ0n) is 43.7. The number of benzene rings is 7. The zero-order chi connectivity index (χ0) is 53.8. The molecule has 382 valence electrons. The molecule has 0 aliphatic heterocycles. The molecule has 17 aromatic rings. The lowest BCUT2D eigenvalue weighted by Gasteiger charge is -2.27. The van der Waals surface area contributed by atoms with Crippen LogP contribution in [0.15, 0.2) is 262 Å². The van der Waals surface area contributed by atoms with Crippen LogP contribution in [-0.4, -0.2) is 53.2 Å². The van der Waals surface area contributed by atoms with Gasteiger partial charge in [-0.25, -0.2) is 15.0 Å². The molecule has 0 bridgehead atoms. The van der Waals surface area contributed by atoms with Crippen LogP contribution in [0.2, 0.25) is 0 Å². The maximum Gasteiger partial charge on any atom is 0.165 e. The van der Waals surface area contributed by atoms with Crippen LogP contribution < -0.4 is 0 Å². The lowest BCUT2D eigenvalue weighted by atomic mass is 9.93. The molecule has 0 N–H and O–H groups in total. The highest BCUT2D eigenvalue weighted by atomic mass is 15.2. The number of aromatic nitrogens is 11. The Hall–Kier alpha value is -11.4. The van der Waals surface area contributed by atoms with E-state index in [2.05, 4.69) is 206 Å². The summed E-state index contributed by atoms with van der Waals surface area (Å²) < 4.78 is 9.54. The standard InChI is InChI=1S/C71H43N11/c1-3-17-44(18-4-1)56-39-57(77-69(76-56)45-19-5-2-6-20-45)46-21-7-8-26-51(46)66-67(79-58-27-13-9-22-47(58)52-40-72-35-31-62(52)79)70(81-60-29-15-11-24-49(60)54-42-74-37-33-64(54)81)78-71(82-61-30-16-12-25-50(61)55-43-75-38-34-65(55)82)68(66)80-59-28-14-10-23-48(59)53-41-73-36-32-63(53)80/h1-43H. The number of para-hydroxylation sites is 4. The molecule has 0 aliphatic rings. The monoisotopic (exact) mass is 1050 g/mol. The average Bonchev–Trinajstić information content (AvgIpc) is 1.84. The predicted octanol–water partition coefficient (Wildman–Crippen LogP) is 16.5. The highest BCUT2D eigenvalue weighted by Gasteiger charge is 2.34. The summed E-state index contributed by atoms with van der Waals surface area (Å²) >= 11 is 0. The van der Waals surface area contributed by atoms with Crippen LogP contribution in [0, 0.1) is 0 Å². The minimum Gasteiger partial charge on any atom is -0.305 e. The Morgan fingerprint density at radius 3 is 1.05 bits per heavy atom. The van der Waals surface area contributed by atoms with Crippen molar-refractivity contribution in [1.82, 2.24) is 53.2 Å². The molecule has 10 heterocycles. The molecule has 7 aromatic carbocycles. The SMILES string of the molecule is c1ccc(-c2cc(-c3ccccc3-c3c(-n4c5ccccc5c5cnccc54)c(-n4c5ccccc5c5cnccc54)nc(-n4c5ccccc5c5cnccc54)c3-n3c4ccccc4c4cnccc43)nc(-c3ccccc3)n2)cc1. The van der Waals surface area contributed by atoms with Gasteiger partial charge in [0.15, 0.2) is 17.5 Å². The summed E-state index contributed by atoms with van der Waals surface area (Å²) in [5, 5.41) is 8.25. The van der Waals surface area contributed by atoms with Gasteiger partial charge in [-0.2, -0.15) is 0 Å². The van der Waals surface area contributed by atoms with Crippen LogP contribution in [0.1, 0.15) is 0 Å². The van der Waals surface area contributed by atoms with Gasteiger partial charge in [0.2, 0.25) is 0 Å². The van der Waals surface area contributed by atoms with E-state index in [1.54, 1.807) is 0 Å². The molecule has 0 aliphatic carbocycles. The third kappa shape index (κ3) is 6.74. The van der Waals surface area contributed by atoms with Gasteiger partial charge in [0, 0.05) is 115 Å². The molecule has 0 spiro atoms. The van der Waals surface area contributed by atoms with E-state index in [4.69, 9.17) is 34.9 Å². The van der Waals surface area contributed by atoms with Crippen LogP contribution in [0.3, 0.4) is 0 Å². The largest absolute Gasteiger partial charge is 0.305 e. The quantitative estimate of drug-likeness (QED) is 0.149. The lowest BCUT2D eigenvalue weighted by molar-refractivity contribution is 0.960. The van der Waals surface area contributed by atoms with E-state index < -0.39 is 0 Å². The number of pyridine rings is 5. The highest BCUT2D eigenvalue weighted by molar-refractivity contribution is 6.16. The third-order valence-corrected chi connectivity index (χ3v) is 16.2. The van der Waals surface area contributed by atoms with E-state index in [0.717, 1.165) is 138 Å². The zero-order valence-corrected chi connectivity index (χ0v) is 43.7. The first kappa shape index (κ1) is 45.6. The summed E-state index contributed by atoms with van der Waals surface area (Å²) in [4.78, 5) is 36.3. The van der Waals surface area contributed by atoms with Gasteiger partial charge in [-0.3, -0.25) is 29.1 Å². The molecule has 0 saturated heterocycles. The van der Waals surface area contributed by atoms with Crippen molar-refractivity contribution in [1.29, 1.82) is 0 Å². The van der Waals surface area contributed by atoms with E-state index in [1.807, 2.05) is 73.8 Å². The summed E-state index contributed by atoms with van der Waals surface area (Å²) in [6.07, 6.45) is 15.5. The maximum absolute atomic E-state index is 6.38. The summed E-state index contributed by atoms with van der Waals surface area (Å²) in [6, 6.07) is 74.5. The normalized spacial score (nSPS) is 11.9. The molecular weight excluding hydrogens is 1010 g/mol. The van der Waals surface area contributed by atoms with Gasteiger partial charge in [0.25, 0.3) is 0 Å². The fourth-order valence-corrected chi connectivity index (χ4v) is 12.7. The Morgan fingerprint density at radius 2 is 0.598 bits per heavy atom. The molecule has 82 heavy (non-hydrogen) atoms. The first-order valence-electron chi connectivity index (χ1n) is 27.3. The minimum atomic E-state index is 0.617. The molecule has 0 unspecified atom stereocenters. The Balaban J connectivity index is 1.17. The van der Waals surface area contributed by atoms with Crippen molar-refractivity contribution in [2.24, 2.45) is 0 Å². The van der Waals surface area contributed by atoms with Crippen molar-refractivity contribution >= 4 is 87.2 Å². The number of hydrogen-bond donors (Lipinski definition) is 0.